The van der Waals surface area contributed by atoms with Gasteiger partial charge in [0.1, 0.15) is 5.76 Å². The third-order valence-electron chi connectivity index (χ3n) is 1.97. The number of pyridine rings is 1. The normalized spacial score (nSPS) is 10.5. The largest absolute Gasteiger partial charge is 0.494 e. The van der Waals surface area contributed by atoms with Crippen molar-refractivity contribution >= 4 is 6.08 Å². The number of aromatic nitrogens is 1. The maximum Gasteiger partial charge on any atom is 0.112 e. The molecule has 0 saturated heterocycles. The van der Waals surface area contributed by atoms with E-state index >= 15 is 0 Å². The average Bonchev–Trinajstić information content (AvgIpc) is 2.25. The molecule has 0 unspecified atom stereocenters. The van der Waals surface area contributed by atoms with E-state index in [1.165, 1.54) is 0 Å². The van der Waals surface area contributed by atoms with E-state index in [-0.39, 0.29) is 0 Å². The minimum atomic E-state index is 0.682. The highest BCUT2D eigenvalue weighted by Crippen LogP contribution is 2.07. The van der Waals surface area contributed by atoms with Gasteiger partial charge in [-0.2, -0.15) is 0 Å². The van der Waals surface area contributed by atoms with Crippen molar-refractivity contribution in [2.45, 2.75) is 20.3 Å². The number of ether oxygens (including phenoxy) is 1. The van der Waals surface area contributed by atoms with Gasteiger partial charge in [-0.1, -0.05) is 19.6 Å². The Morgan fingerprint density at radius 1 is 1.60 bits per heavy atom. The van der Waals surface area contributed by atoms with Gasteiger partial charge in [0, 0.05) is 6.20 Å². The molecule has 0 bridgehead atoms. The first kappa shape index (κ1) is 11.5. The summed E-state index contributed by atoms with van der Waals surface area (Å²) in [6.45, 7) is 8.61. The van der Waals surface area contributed by atoms with Gasteiger partial charge in [0.2, 0.25) is 0 Å². The maximum absolute atomic E-state index is 5.34. The van der Waals surface area contributed by atoms with E-state index in [0.29, 0.717) is 12.4 Å². The first-order valence-corrected chi connectivity index (χ1v) is 5.15. The van der Waals surface area contributed by atoms with Crippen molar-refractivity contribution in [3.05, 3.63) is 48.0 Å². The second-order valence-electron chi connectivity index (χ2n) is 3.35. The van der Waals surface area contributed by atoms with E-state index in [9.17, 15) is 0 Å². The quantitative estimate of drug-likeness (QED) is 0.541. The van der Waals surface area contributed by atoms with Crippen LogP contribution in [0, 0.1) is 6.92 Å². The molecule has 0 amide bonds. The van der Waals surface area contributed by atoms with Crippen LogP contribution in [-0.2, 0) is 4.74 Å². The predicted molar refractivity (Wildman–Crippen MR) is 63.4 cm³/mol. The summed E-state index contributed by atoms with van der Waals surface area (Å²) < 4.78 is 5.34. The van der Waals surface area contributed by atoms with Crippen LogP contribution in [0.2, 0.25) is 0 Å². The van der Waals surface area contributed by atoms with Gasteiger partial charge in [-0.05, 0) is 37.1 Å². The minimum Gasteiger partial charge on any atom is -0.494 e. The molecule has 0 spiro atoms. The van der Waals surface area contributed by atoms with Gasteiger partial charge >= 0.3 is 0 Å². The van der Waals surface area contributed by atoms with Crippen molar-refractivity contribution in [3.63, 3.8) is 0 Å². The molecule has 0 aliphatic carbocycles. The summed E-state index contributed by atoms with van der Waals surface area (Å²) in [5.74, 6) is 0.682. The molecule has 1 aromatic heterocycles. The van der Waals surface area contributed by atoms with Crippen molar-refractivity contribution in [1.29, 1.82) is 0 Å². The molecule has 2 heteroatoms. The Kier molecular flexibility index (Phi) is 4.61. The molecule has 0 aliphatic heterocycles. The van der Waals surface area contributed by atoms with Crippen molar-refractivity contribution in [3.8, 4) is 0 Å². The van der Waals surface area contributed by atoms with Crippen LogP contribution >= 0.6 is 0 Å². The zero-order valence-electron chi connectivity index (χ0n) is 9.36. The Bertz CT molecular complexity index is 355. The zero-order valence-corrected chi connectivity index (χ0v) is 9.36. The zero-order chi connectivity index (χ0) is 11.1. The van der Waals surface area contributed by atoms with Crippen molar-refractivity contribution in [2.24, 2.45) is 0 Å². The molecule has 1 aromatic rings. The Hall–Kier alpha value is -1.57. The van der Waals surface area contributed by atoms with Crippen LogP contribution in [0.4, 0.5) is 0 Å². The van der Waals surface area contributed by atoms with Crippen LogP contribution in [0.1, 0.15) is 24.6 Å². The maximum atomic E-state index is 5.34. The summed E-state index contributed by atoms with van der Waals surface area (Å²) in [5.41, 5.74) is 2.11. The molecule has 0 radical (unpaired) electrons. The van der Waals surface area contributed by atoms with Gasteiger partial charge in [0.15, 0.2) is 0 Å². The molecule has 80 valence electrons. The lowest BCUT2D eigenvalue weighted by atomic mass is 10.2. The fourth-order valence-electron chi connectivity index (χ4n) is 1.13. The molecular formula is C13H17NO. The van der Waals surface area contributed by atoms with Crippen molar-refractivity contribution < 1.29 is 4.74 Å². The second-order valence-corrected chi connectivity index (χ2v) is 3.35. The highest BCUT2D eigenvalue weighted by molar-refractivity contribution is 5.51. The number of hydrogen-bond donors (Lipinski definition) is 0. The number of aryl methyl sites for hydroxylation is 1. The highest BCUT2D eigenvalue weighted by atomic mass is 16.5. The lowest BCUT2D eigenvalue weighted by Gasteiger charge is -2.03. The summed E-state index contributed by atoms with van der Waals surface area (Å²) in [4.78, 5) is 4.25. The molecule has 15 heavy (non-hydrogen) atoms. The molecule has 0 fully saturated rings. The van der Waals surface area contributed by atoms with E-state index in [1.807, 2.05) is 31.2 Å². The molecular weight excluding hydrogens is 186 g/mol. The molecule has 0 N–H and O–H groups in total. The molecule has 0 atom stereocenters. The first-order chi connectivity index (χ1) is 7.24. The first-order valence-electron chi connectivity index (χ1n) is 5.15. The fourth-order valence-corrected chi connectivity index (χ4v) is 1.13. The summed E-state index contributed by atoms with van der Waals surface area (Å²) in [6.07, 6.45) is 6.55. The number of allylic oxidation sites excluding steroid dienone is 1. The van der Waals surface area contributed by atoms with Gasteiger partial charge in [0.25, 0.3) is 0 Å². The number of rotatable bonds is 5. The van der Waals surface area contributed by atoms with Gasteiger partial charge in [-0.15, -0.1) is 0 Å². The van der Waals surface area contributed by atoms with Crippen LogP contribution in [0.3, 0.4) is 0 Å². The van der Waals surface area contributed by atoms with Crippen LogP contribution in [0.15, 0.2) is 36.7 Å². The Labute approximate surface area is 91.3 Å². The molecule has 2 nitrogen and oxygen atoms in total. The van der Waals surface area contributed by atoms with Crippen molar-refractivity contribution in [2.75, 3.05) is 6.61 Å². The van der Waals surface area contributed by atoms with Crippen LogP contribution in [-0.4, -0.2) is 11.6 Å². The highest BCUT2D eigenvalue weighted by Gasteiger charge is 1.93. The smallest absolute Gasteiger partial charge is 0.112 e. The number of nitrogens with zero attached hydrogens (tertiary/aromatic N) is 1. The minimum absolute atomic E-state index is 0.682. The molecule has 0 aliphatic rings. The van der Waals surface area contributed by atoms with Gasteiger partial charge < -0.3 is 4.74 Å². The predicted octanol–water partition coefficient (Wildman–Crippen LogP) is 3.34. The van der Waals surface area contributed by atoms with E-state index in [2.05, 4.69) is 18.5 Å². The molecule has 0 saturated carbocycles. The third kappa shape index (κ3) is 3.98. The van der Waals surface area contributed by atoms with E-state index < -0.39 is 0 Å². The molecule has 0 aromatic carbocycles. The number of hydrogen-bond acceptors (Lipinski definition) is 2. The van der Waals surface area contributed by atoms with Gasteiger partial charge in [-0.3, -0.25) is 4.98 Å². The van der Waals surface area contributed by atoms with E-state index in [1.54, 1.807) is 6.20 Å². The summed E-state index contributed by atoms with van der Waals surface area (Å²) in [5, 5.41) is 0. The topological polar surface area (TPSA) is 22.1 Å². The second kappa shape index (κ2) is 6.02. The Morgan fingerprint density at radius 2 is 2.40 bits per heavy atom. The van der Waals surface area contributed by atoms with Gasteiger partial charge in [-0.25, -0.2) is 0 Å². The Balaban J connectivity index is 2.58. The van der Waals surface area contributed by atoms with Gasteiger partial charge in [0.05, 0.1) is 12.3 Å². The third-order valence-corrected chi connectivity index (χ3v) is 1.97. The molecule has 1 rings (SSSR count). The average molecular weight is 203 g/mol. The Morgan fingerprint density at radius 3 is 3.07 bits per heavy atom. The lowest BCUT2D eigenvalue weighted by Crippen LogP contribution is -1.90. The van der Waals surface area contributed by atoms with Crippen LogP contribution in [0.5, 0.6) is 0 Å². The van der Waals surface area contributed by atoms with E-state index in [4.69, 9.17) is 4.74 Å². The summed E-state index contributed by atoms with van der Waals surface area (Å²) in [6, 6.07) is 3.96. The summed E-state index contributed by atoms with van der Waals surface area (Å²) in [7, 11) is 0. The summed E-state index contributed by atoms with van der Waals surface area (Å²) >= 11 is 0. The monoisotopic (exact) mass is 203 g/mol. The SMILES string of the molecule is C=C(/C=C\c1ncccc1C)OCCC. The van der Waals surface area contributed by atoms with Crippen LogP contribution < -0.4 is 0 Å². The van der Waals surface area contributed by atoms with Crippen molar-refractivity contribution in [1.82, 2.24) is 4.98 Å². The standard InChI is InChI=1S/C13H17NO/c1-4-10-15-12(3)7-8-13-11(2)6-5-9-14-13/h5-9H,3-4,10H2,1-2H3/b8-7-. The van der Waals surface area contributed by atoms with Crippen LogP contribution in [0.25, 0.3) is 6.08 Å². The lowest BCUT2D eigenvalue weighted by molar-refractivity contribution is 0.226. The molecule has 1 heterocycles. The fraction of sp³-hybridized carbons (Fsp3) is 0.308. The van der Waals surface area contributed by atoms with E-state index in [0.717, 1.165) is 17.7 Å².